The van der Waals surface area contributed by atoms with E-state index in [1.807, 2.05) is 59.5 Å². The fraction of sp³-hybridized carbons (Fsp3) is 0. The molecule has 0 aliphatic heterocycles. The average Bonchev–Trinajstić information content (AvgIpc) is 2.99. The number of rotatable bonds is 6. The van der Waals surface area contributed by atoms with Crippen molar-refractivity contribution in [1.82, 2.24) is 0 Å². The molecule has 6 rings (SSSR count). The third-order valence-electron chi connectivity index (χ3n) is 6.97. The Balaban J connectivity index is 1.50. The predicted molar refractivity (Wildman–Crippen MR) is 165 cm³/mol. The van der Waals surface area contributed by atoms with Crippen LogP contribution in [0.4, 0.5) is 22.7 Å². The molecule has 0 bridgehead atoms. The van der Waals surface area contributed by atoms with E-state index < -0.39 is 0 Å². The van der Waals surface area contributed by atoms with E-state index in [0.717, 1.165) is 56.1 Å². The summed E-state index contributed by atoms with van der Waals surface area (Å²) in [5, 5.41) is 20.4. The third-order valence-corrected chi connectivity index (χ3v) is 6.97. The number of benzene rings is 6. The molecule has 6 aromatic rings. The zero-order chi connectivity index (χ0) is 27.5. The van der Waals surface area contributed by atoms with Gasteiger partial charge < -0.3 is 20.8 Å². The van der Waals surface area contributed by atoms with Crippen molar-refractivity contribution in [1.29, 1.82) is 0 Å². The van der Waals surface area contributed by atoms with Crippen molar-refractivity contribution >= 4 is 22.7 Å². The Morgan fingerprint density at radius 3 is 1.48 bits per heavy atom. The van der Waals surface area contributed by atoms with Gasteiger partial charge in [0.15, 0.2) is 0 Å². The first-order valence-electron chi connectivity index (χ1n) is 13.1. The van der Waals surface area contributed by atoms with Crippen LogP contribution >= 0.6 is 0 Å². The number of nitrogens with two attached hydrogens (primary N) is 1. The smallest absolute Gasteiger partial charge is 0.117 e. The molecule has 0 aromatic heterocycles. The van der Waals surface area contributed by atoms with Crippen molar-refractivity contribution < 1.29 is 10.2 Å². The summed E-state index contributed by atoms with van der Waals surface area (Å²) >= 11 is 0. The second-order valence-electron chi connectivity index (χ2n) is 9.61. The van der Waals surface area contributed by atoms with Crippen LogP contribution in [0.25, 0.3) is 33.4 Å². The number of hydrogen-bond acceptors (Lipinski definition) is 4. The summed E-state index contributed by atoms with van der Waals surface area (Å²) in [6, 6.07) is 47.1. The summed E-state index contributed by atoms with van der Waals surface area (Å²) in [5.74, 6) is 0.337. The van der Waals surface area contributed by atoms with Crippen molar-refractivity contribution in [2.24, 2.45) is 0 Å². The highest BCUT2D eigenvalue weighted by Crippen LogP contribution is 2.44. The zero-order valence-corrected chi connectivity index (χ0v) is 21.8. The monoisotopic (exact) mass is 520 g/mol. The predicted octanol–water partition coefficient (Wildman–Crippen LogP) is 9.15. The van der Waals surface area contributed by atoms with E-state index in [4.69, 9.17) is 5.73 Å². The maximum absolute atomic E-state index is 10.2. The summed E-state index contributed by atoms with van der Waals surface area (Å²) in [7, 11) is 0. The molecule has 0 fully saturated rings. The minimum atomic E-state index is 0.169. The van der Waals surface area contributed by atoms with E-state index in [-0.39, 0.29) is 11.5 Å². The van der Waals surface area contributed by atoms with Crippen molar-refractivity contribution in [3.8, 4) is 44.9 Å². The summed E-state index contributed by atoms with van der Waals surface area (Å²) in [6.45, 7) is 0. The average molecular weight is 521 g/mol. The lowest BCUT2D eigenvalue weighted by atomic mass is 9.86. The summed E-state index contributed by atoms with van der Waals surface area (Å²) in [4.78, 5) is 2.00. The lowest BCUT2D eigenvalue weighted by Crippen LogP contribution is -2.09. The van der Waals surface area contributed by atoms with Crippen LogP contribution in [0.3, 0.4) is 0 Å². The minimum Gasteiger partial charge on any atom is -0.508 e. The summed E-state index contributed by atoms with van der Waals surface area (Å²) in [5.41, 5.74) is 16.2. The molecule has 0 heterocycles. The first-order valence-corrected chi connectivity index (χ1v) is 13.1. The molecular weight excluding hydrogens is 492 g/mol. The molecule has 0 saturated carbocycles. The van der Waals surface area contributed by atoms with Gasteiger partial charge in [0.05, 0.1) is 0 Å². The van der Waals surface area contributed by atoms with Gasteiger partial charge in [-0.15, -0.1) is 0 Å². The van der Waals surface area contributed by atoms with Gasteiger partial charge in [-0.05, 0) is 70.3 Å². The first kappa shape index (κ1) is 24.8. The van der Waals surface area contributed by atoms with Crippen LogP contribution in [0.1, 0.15) is 0 Å². The van der Waals surface area contributed by atoms with E-state index in [1.54, 1.807) is 36.4 Å². The van der Waals surface area contributed by atoms with E-state index in [0.29, 0.717) is 0 Å². The topological polar surface area (TPSA) is 69.7 Å². The molecule has 0 unspecified atom stereocenters. The molecule has 0 spiro atoms. The van der Waals surface area contributed by atoms with Gasteiger partial charge in [-0.2, -0.15) is 0 Å². The van der Waals surface area contributed by atoms with Gasteiger partial charge in [0.1, 0.15) is 11.5 Å². The molecule has 0 radical (unpaired) electrons. The Morgan fingerprint density at radius 2 is 0.950 bits per heavy atom. The molecule has 4 N–H and O–H groups in total. The molecule has 194 valence electrons. The number of hydrogen-bond donors (Lipinski definition) is 3. The second-order valence-corrected chi connectivity index (χ2v) is 9.61. The highest BCUT2D eigenvalue weighted by Gasteiger charge is 2.18. The van der Waals surface area contributed by atoms with Gasteiger partial charge in [-0.25, -0.2) is 0 Å². The van der Waals surface area contributed by atoms with E-state index in [9.17, 15) is 10.2 Å². The molecule has 0 aliphatic rings. The highest BCUT2D eigenvalue weighted by molar-refractivity contribution is 5.99. The zero-order valence-electron chi connectivity index (χ0n) is 21.8. The van der Waals surface area contributed by atoms with Gasteiger partial charge in [0.25, 0.3) is 0 Å². The van der Waals surface area contributed by atoms with Crippen LogP contribution in [0.2, 0.25) is 0 Å². The molecule has 0 aliphatic carbocycles. The lowest BCUT2D eigenvalue weighted by molar-refractivity contribution is 0.475. The fourth-order valence-electron chi connectivity index (χ4n) is 5.18. The number of phenols is 2. The molecule has 0 amide bonds. The number of aromatic hydroxyl groups is 2. The number of nitrogens with zero attached hydrogens (tertiary/aromatic N) is 1. The second kappa shape index (κ2) is 10.7. The molecule has 6 aromatic carbocycles. The summed E-state index contributed by atoms with van der Waals surface area (Å²) in [6.07, 6.45) is 0. The number of anilines is 4. The van der Waals surface area contributed by atoms with Crippen LogP contribution in [0.5, 0.6) is 11.5 Å². The normalized spacial score (nSPS) is 10.8. The van der Waals surface area contributed by atoms with E-state index >= 15 is 0 Å². The molecule has 4 nitrogen and oxygen atoms in total. The third kappa shape index (κ3) is 4.86. The van der Waals surface area contributed by atoms with Gasteiger partial charge in [-0.3, -0.25) is 0 Å². The Morgan fingerprint density at radius 1 is 0.425 bits per heavy atom. The molecule has 0 saturated heterocycles. The SMILES string of the molecule is Nc1ccc(-c2ccc(N(c3cccc(O)c3)c3cccc(O)c3)cc2)c(-c2ccccc2)c1-c1ccccc1. The van der Waals surface area contributed by atoms with Gasteiger partial charge in [-0.1, -0.05) is 91.0 Å². The Labute approximate surface area is 233 Å². The van der Waals surface area contributed by atoms with Crippen LogP contribution in [0.15, 0.2) is 146 Å². The Kier molecular flexibility index (Phi) is 6.65. The Bertz CT molecular complexity index is 1720. The van der Waals surface area contributed by atoms with E-state index in [2.05, 4.69) is 54.6 Å². The molecule has 4 heteroatoms. The van der Waals surface area contributed by atoms with Gasteiger partial charge in [0.2, 0.25) is 0 Å². The standard InChI is InChI=1S/C36H28N2O2/c37-34-22-21-33(35(26-9-3-1-4-10-26)36(34)27-11-5-2-6-12-27)25-17-19-28(20-18-25)38(29-13-7-15-31(39)23-29)30-14-8-16-32(40)24-30/h1-24,39-40H,37H2. The first-order chi connectivity index (χ1) is 19.6. The van der Waals surface area contributed by atoms with Crippen molar-refractivity contribution in [2.75, 3.05) is 10.6 Å². The van der Waals surface area contributed by atoms with Gasteiger partial charge in [0, 0.05) is 40.4 Å². The molecular formula is C36H28N2O2. The summed E-state index contributed by atoms with van der Waals surface area (Å²) < 4.78 is 0. The quantitative estimate of drug-likeness (QED) is 0.192. The van der Waals surface area contributed by atoms with Crippen molar-refractivity contribution in [2.45, 2.75) is 0 Å². The highest BCUT2D eigenvalue weighted by atomic mass is 16.3. The van der Waals surface area contributed by atoms with E-state index in [1.165, 1.54) is 0 Å². The van der Waals surface area contributed by atoms with Crippen LogP contribution < -0.4 is 10.6 Å². The molecule has 40 heavy (non-hydrogen) atoms. The maximum Gasteiger partial charge on any atom is 0.117 e. The van der Waals surface area contributed by atoms with Crippen molar-refractivity contribution in [3.63, 3.8) is 0 Å². The Hall–Kier alpha value is -5.48. The maximum atomic E-state index is 10.2. The van der Waals surface area contributed by atoms with Crippen LogP contribution in [-0.4, -0.2) is 10.2 Å². The van der Waals surface area contributed by atoms with Crippen LogP contribution in [-0.2, 0) is 0 Å². The fourth-order valence-corrected chi connectivity index (χ4v) is 5.18. The number of phenolic OH excluding ortho intramolecular Hbond substituents is 2. The van der Waals surface area contributed by atoms with Crippen molar-refractivity contribution in [3.05, 3.63) is 146 Å². The lowest BCUT2D eigenvalue weighted by Gasteiger charge is -2.26. The number of nitrogen functional groups attached to an aromatic ring is 1. The molecule has 0 atom stereocenters. The largest absolute Gasteiger partial charge is 0.508 e. The van der Waals surface area contributed by atoms with Crippen LogP contribution in [0, 0.1) is 0 Å². The van der Waals surface area contributed by atoms with Gasteiger partial charge >= 0.3 is 0 Å². The minimum absolute atomic E-state index is 0.169.